The second-order valence-corrected chi connectivity index (χ2v) is 4.89. The molecule has 0 saturated heterocycles. The first kappa shape index (κ1) is 11.5. The van der Waals surface area contributed by atoms with Crippen LogP contribution < -0.4 is 5.56 Å². The van der Waals surface area contributed by atoms with Gasteiger partial charge in [0.25, 0.3) is 5.56 Å². The van der Waals surface area contributed by atoms with Crippen LogP contribution in [0.4, 0.5) is 8.78 Å². The maximum Gasteiger partial charge on any atom is 0.262 e. The van der Waals surface area contributed by atoms with Crippen LogP contribution in [0.3, 0.4) is 0 Å². The molecule has 1 aromatic carbocycles. The van der Waals surface area contributed by atoms with Gasteiger partial charge in [0.15, 0.2) is 16.4 Å². The van der Waals surface area contributed by atoms with Gasteiger partial charge in [-0.15, -0.1) is 0 Å². The fourth-order valence-electron chi connectivity index (χ4n) is 2.20. The van der Waals surface area contributed by atoms with Crippen LogP contribution in [-0.4, -0.2) is 9.55 Å². The minimum absolute atomic E-state index is 0.0822. The number of fused-ring (bicyclic) bond motifs is 1. The van der Waals surface area contributed by atoms with Crippen molar-refractivity contribution in [3.63, 3.8) is 0 Å². The van der Waals surface area contributed by atoms with Gasteiger partial charge in [-0.2, -0.15) is 0 Å². The van der Waals surface area contributed by atoms with Gasteiger partial charge >= 0.3 is 0 Å². The number of nitrogens with zero attached hydrogens (tertiary/aromatic N) is 1. The predicted octanol–water partition coefficient (Wildman–Crippen LogP) is 3.06. The van der Waals surface area contributed by atoms with Crippen LogP contribution in [0.15, 0.2) is 16.9 Å². The van der Waals surface area contributed by atoms with Crippen LogP contribution in [-0.2, 0) is 0 Å². The van der Waals surface area contributed by atoms with E-state index < -0.39 is 11.6 Å². The Labute approximate surface area is 106 Å². The zero-order valence-electron chi connectivity index (χ0n) is 9.37. The molecule has 1 aliphatic rings. The van der Waals surface area contributed by atoms with E-state index in [1.165, 1.54) is 4.57 Å². The normalized spacial score (nSPS) is 15.9. The Morgan fingerprint density at radius 2 is 1.94 bits per heavy atom. The number of aromatic amines is 1. The standard InChI is InChI=1S/C12H10F2N2OS/c13-8-4-7-10(5-9(8)14)15-12(18)16(11(7)17)6-2-1-3-6/h4-6H,1-3H2,(H,15,18). The van der Waals surface area contributed by atoms with Crippen molar-refractivity contribution in [3.8, 4) is 0 Å². The van der Waals surface area contributed by atoms with E-state index in [0.29, 0.717) is 0 Å². The largest absolute Gasteiger partial charge is 0.331 e. The van der Waals surface area contributed by atoms with Gasteiger partial charge < -0.3 is 4.98 Å². The third-order valence-corrected chi connectivity index (χ3v) is 3.71. The van der Waals surface area contributed by atoms with Gasteiger partial charge in [-0.3, -0.25) is 9.36 Å². The molecule has 0 aliphatic heterocycles. The summed E-state index contributed by atoms with van der Waals surface area (Å²) in [4.78, 5) is 15.0. The van der Waals surface area contributed by atoms with Crippen molar-refractivity contribution in [2.45, 2.75) is 25.3 Å². The molecule has 1 saturated carbocycles. The lowest BCUT2D eigenvalue weighted by atomic mass is 9.93. The second kappa shape index (κ2) is 3.98. The summed E-state index contributed by atoms with van der Waals surface area (Å²) in [5.74, 6) is -2.01. The second-order valence-electron chi connectivity index (χ2n) is 4.50. The number of rotatable bonds is 1. The maximum absolute atomic E-state index is 13.2. The number of benzene rings is 1. The van der Waals surface area contributed by atoms with Crippen molar-refractivity contribution in [2.75, 3.05) is 0 Å². The highest BCUT2D eigenvalue weighted by Gasteiger charge is 2.22. The summed E-state index contributed by atoms with van der Waals surface area (Å²) in [6.45, 7) is 0. The van der Waals surface area contributed by atoms with Crippen molar-refractivity contribution in [2.24, 2.45) is 0 Å². The van der Waals surface area contributed by atoms with Crippen LogP contribution in [0.1, 0.15) is 25.3 Å². The number of hydrogen-bond donors (Lipinski definition) is 1. The summed E-state index contributed by atoms with van der Waals surface area (Å²) < 4.78 is 28.0. The molecule has 3 nitrogen and oxygen atoms in total. The molecular formula is C12H10F2N2OS. The van der Waals surface area contributed by atoms with E-state index in [0.717, 1.165) is 31.4 Å². The van der Waals surface area contributed by atoms with Crippen molar-refractivity contribution in [3.05, 3.63) is 38.9 Å². The smallest absolute Gasteiger partial charge is 0.262 e. The molecule has 0 atom stereocenters. The first-order valence-corrected chi connectivity index (χ1v) is 6.12. The van der Waals surface area contributed by atoms with Gasteiger partial charge in [0.2, 0.25) is 0 Å². The van der Waals surface area contributed by atoms with Crippen molar-refractivity contribution < 1.29 is 8.78 Å². The van der Waals surface area contributed by atoms with Crippen LogP contribution in [0.2, 0.25) is 0 Å². The quantitative estimate of drug-likeness (QED) is 0.807. The van der Waals surface area contributed by atoms with Gasteiger partial charge in [0, 0.05) is 12.1 Å². The minimum atomic E-state index is -1.02. The van der Waals surface area contributed by atoms with E-state index in [9.17, 15) is 13.6 Å². The summed E-state index contributed by atoms with van der Waals surface area (Å²) in [6, 6.07) is 1.97. The Hall–Kier alpha value is -1.56. The highest BCUT2D eigenvalue weighted by atomic mass is 32.1. The molecule has 0 radical (unpaired) electrons. The van der Waals surface area contributed by atoms with Crippen molar-refractivity contribution >= 4 is 23.1 Å². The number of aromatic nitrogens is 2. The van der Waals surface area contributed by atoms with E-state index in [4.69, 9.17) is 12.2 Å². The third-order valence-electron chi connectivity index (χ3n) is 3.41. The minimum Gasteiger partial charge on any atom is -0.331 e. The Morgan fingerprint density at radius 1 is 1.28 bits per heavy atom. The lowest BCUT2D eigenvalue weighted by Crippen LogP contribution is -2.30. The SMILES string of the molecule is O=c1c2cc(F)c(F)cc2[nH]c(=S)n1C1CCC1. The molecule has 94 valence electrons. The van der Waals surface area contributed by atoms with Crippen LogP contribution >= 0.6 is 12.2 Å². The van der Waals surface area contributed by atoms with Crippen LogP contribution in [0, 0.1) is 16.4 Å². The maximum atomic E-state index is 13.2. The first-order valence-electron chi connectivity index (χ1n) is 5.71. The van der Waals surface area contributed by atoms with Crippen LogP contribution in [0.25, 0.3) is 10.9 Å². The van der Waals surface area contributed by atoms with Crippen LogP contribution in [0.5, 0.6) is 0 Å². The molecule has 1 fully saturated rings. The van der Waals surface area contributed by atoms with E-state index >= 15 is 0 Å². The van der Waals surface area contributed by atoms with Crippen molar-refractivity contribution in [1.82, 2.24) is 9.55 Å². The molecule has 1 aliphatic carbocycles. The monoisotopic (exact) mass is 268 g/mol. The molecule has 1 aromatic heterocycles. The van der Waals surface area contributed by atoms with E-state index in [-0.39, 0.29) is 27.3 Å². The fraction of sp³-hybridized carbons (Fsp3) is 0.333. The van der Waals surface area contributed by atoms with E-state index in [1.807, 2.05) is 0 Å². The highest BCUT2D eigenvalue weighted by Crippen LogP contribution is 2.30. The lowest BCUT2D eigenvalue weighted by molar-refractivity contribution is 0.302. The third kappa shape index (κ3) is 1.59. The van der Waals surface area contributed by atoms with Gasteiger partial charge in [0.1, 0.15) is 0 Å². The van der Waals surface area contributed by atoms with Gasteiger partial charge in [0.05, 0.1) is 10.9 Å². The molecule has 6 heteroatoms. The summed E-state index contributed by atoms with van der Waals surface area (Å²) in [7, 11) is 0. The molecule has 3 rings (SSSR count). The summed E-state index contributed by atoms with van der Waals surface area (Å²) in [6.07, 6.45) is 2.85. The first-order chi connectivity index (χ1) is 8.58. The predicted molar refractivity (Wildman–Crippen MR) is 66.2 cm³/mol. The van der Waals surface area contributed by atoms with Crippen molar-refractivity contribution in [1.29, 1.82) is 0 Å². The lowest BCUT2D eigenvalue weighted by Gasteiger charge is -2.27. The zero-order valence-corrected chi connectivity index (χ0v) is 10.2. The molecule has 0 unspecified atom stereocenters. The summed E-state index contributed by atoms with van der Waals surface area (Å²) in [5, 5.41) is 0.134. The Morgan fingerprint density at radius 3 is 2.56 bits per heavy atom. The molecule has 0 amide bonds. The Balaban J connectivity index is 2.37. The molecular weight excluding hydrogens is 258 g/mol. The number of halogens is 2. The number of H-pyrrole nitrogens is 1. The number of nitrogens with one attached hydrogen (secondary N) is 1. The number of hydrogen-bond acceptors (Lipinski definition) is 2. The average molecular weight is 268 g/mol. The molecule has 1 heterocycles. The Bertz CT molecular complexity index is 746. The van der Waals surface area contributed by atoms with E-state index in [2.05, 4.69) is 4.98 Å². The highest BCUT2D eigenvalue weighted by molar-refractivity contribution is 7.71. The molecule has 0 spiro atoms. The van der Waals surface area contributed by atoms with Gasteiger partial charge in [-0.1, -0.05) is 0 Å². The zero-order chi connectivity index (χ0) is 12.9. The molecule has 2 aromatic rings. The molecule has 0 bridgehead atoms. The van der Waals surface area contributed by atoms with Gasteiger partial charge in [-0.25, -0.2) is 8.78 Å². The molecule has 18 heavy (non-hydrogen) atoms. The van der Waals surface area contributed by atoms with Gasteiger partial charge in [-0.05, 0) is 37.5 Å². The van der Waals surface area contributed by atoms with E-state index in [1.54, 1.807) is 0 Å². The fourth-order valence-corrected chi connectivity index (χ4v) is 2.54. The molecule has 1 N–H and O–H groups in total. The summed E-state index contributed by atoms with van der Waals surface area (Å²) in [5.41, 5.74) is -0.114. The Kier molecular flexibility index (Phi) is 2.55. The summed E-state index contributed by atoms with van der Waals surface area (Å²) >= 11 is 5.11. The topological polar surface area (TPSA) is 37.8 Å². The average Bonchev–Trinajstić information content (AvgIpc) is 2.25.